The summed E-state index contributed by atoms with van der Waals surface area (Å²) < 4.78 is 57.6. The van der Waals surface area contributed by atoms with Crippen molar-refractivity contribution in [1.29, 1.82) is 0 Å². The van der Waals surface area contributed by atoms with Gasteiger partial charge in [0.05, 0.1) is 26.5 Å². The van der Waals surface area contributed by atoms with E-state index in [1.54, 1.807) is 30.4 Å². The number of hydrazine groups is 2. The number of carbonyl (C=O) groups is 4. The zero-order valence-corrected chi connectivity index (χ0v) is 36.4. The Morgan fingerprint density at radius 2 is 1.65 bits per heavy atom. The van der Waals surface area contributed by atoms with E-state index in [0.717, 1.165) is 6.66 Å². The molecule has 3 heterocycles. The first-order valence-corrected chi connectivity index (χ1v) is 22.2. The summed E-state index contributed by atoms with van der Waals surface area (Å²) in [6, 6.07) is 13.4. The number of amides is 4. The zero-order valence-electron chi connectivity index (χ0n) is 32.3. The van der Waals surface area contributed by atoms with Gasteiger partial charge < -0.3 is 44.1 Å². The number of ether oxygens (including phenoxy) is 4. The van der Waals surface area contributed by atoms with E-state index in [9.17, 15) is 43.0 Å². The quantitative estimate of drug-likeness (QED) is 0.0736. The molecule has 322 valence electrons. The number of anilines is 2. The normalized spacial score (nSPS) is 15.9. The van der Waals surface area contributed by atoms with Crippen molar-refractivity contribution in [2.45, 2.75) is 17.9 Å². The van der Waals surface area contributed by atoms with Crippen LogP contribution < -0.4 is 31.6 Å². The maximum atomic E-state index is 15.1. The first-order valence-electron chi connectivity index (χ1n) is 17.0. The minimum atomic E-state index is -4.84. The summed E-state index contributed by atoms with van der Waals surface area (Å²) in [4.78, 5) is 79.1. The zero-order chi connectivity index (χ0) is 44.6. The van der Waals surface area contributed by atoms with Crippen LogP contribution in [0.2, 0.25) is 0 Å². The van der Waals surface area contributed by atoms with E-state index in [1.807, 2.05) is 0 Å². The SMILES string of the molecule is CN1NN=C(c2ccc(-c3ccc(N4C[C@H](COC(=O)Nc5ccc(CC(P(C)(=O)O)P(=O)(O)O)cc5)OC4=O)cc3F)cn2)N1.COC(=O)N[B]P.COC(=O)N[B]P. The number of amidine groups is 1. The van der Waals surface area contributed by atoms with Crippen LogP contribution >= 0.6 is 33.2 Å². The molecule has 22 nitrogen and oxygen atoms in total. The summed E-state index contributed by atoms with van der Waals surface area (Å²) in [5.41, 5.74) is 7.92. The minimum absolute atomic E-state index is 0.000320. The average Bonchev–Trinajstić information content (AvgIpc) is 3.81. The van der Waals surface area contributed by atoms with E-state index < -0.39 is 56.7 Å². The first-order chi connectivity index (χ1) is 28.3. The van der Waals surface area contributed by atoms with Crippen LogP contribution in [0.5, 0.6) is 0 Å². The van der Waals surface area contributed by atoms with Crippen molar-refractivity contribution in [3.63, 3.8) is 0 Å². The molecule has 29 heteroatoms. The molecule has 0 bridgehead atoms. The molecule has 3 aromatic rings. The lowest BCUT2D eigenvalue weighted by molar-refractivity contribution is 0.0798. The van der Waals surface area contributed by atoms with Gasteiger partial charge >= 0.3 is 32.0 Å². The molecule has 0 aliphatic carbocycles. The monoisotopic (exact) mass is 913 g/mol. The lowest BCUT2D eigenvalue weighted by Gasteiger charge is -2.21. The van der Waals surface area contributed by atoms with Gasteiger partial charge in [0.25, 0.3) is 14.3 Å². The van der Waals surface area contributed by atoms with Gasteiger partial charge in [0, 0.05) is 36.7 Å². The maximum absolute atomic E-state index is 15.1. The number of hydrogen-bond acceptors (Lipinski definition) is 15. The predicted molar refractivity (Wildman–Crippen MR) is 227 cm³/mol. The highest BCUT2D eigenvalue weighted by atomic mass is 31.2. The summed E-state index contributed by atoms with van der Waals surface area (Å²) in [6.45, 7) is 0.599. The van der Waals surface area contributed by atoms with Gasteiger partial charge in [-0.1, -0.05) is 18.2 Å². The molecule has 2 aliphatic heterocycles. The molecule has 2 radical (unpaired) electrons. The Balaban J connectivity index is 0.000000589. The van der Waals surface area contributed by atoms with Crippen molar-refractivity contribution >= 4 is 89.1 Å². The summed E-state index contributed by atoms with van der Waals surface area (Å²) in [7, 11) is 2.70. The van der Waals surface area contributed by atoms with E-state index in [-0.39, 0.29) is 36.5 Å². The van der Waals surface area contributed by atoms with Crippen LogP contribution in [0.3, 0.4) is 0 Å². The largest absolute Gasteiger partial charge is 0.454 e. The van der Waals surface area contributed by atoms with Crippen LogP contribution in [-0.4, -0.2) is 122 Å². The van der Waals surface area contributed by atoms with Crippen molar-refractivity contribution in [1.82, 2.24) is 31.5 Å². The molecule has 1 fully saturated rings. The number of hydrazone groups is 1. The van der Waals surface area contributed by atoms with Gasteiger partial charge in [-0.25, -0.2) is 29.1 Å². The van der Waals surface area contributed by atoms with Crippen LogP contribution in [0.1, 0.15) is 11.3 Å². The topological polar surface area (TPSA) is 292 Å². The number of halogens is 1. The van der Waals surface area contributed by atoms with Gasteiger partial charge in [0.15, 0.2) is 11.9 Å². The molecule has 1 aromatic heterocycles. The molecule has 1 saturated heterocycles. The number of nitrogens with one attached hydrogen (secondary N) is 5. The molecule has 0 saturated carbocycles. The van der Waals surface area contributed by atoms with Crippen molar-refractivity contribution in [2.75, 3.05) is 51.3 Å². The van der Waals surface area contributed by atoms with Gasteiger partial charge in [-0.3, -0.25) is 29.8 Å². The standard InChI is InChI=1S/C27H30FN7O9P2.2C2H6BNO2P/c1-34-32-25(31-33-34)23-10-5-17(13-29-23)21-9-8-19(12-22(21)28)35-14-20(44-27(35)37)15-43-26(36)30-18-6-3-16(4-7-18)11-24(45(2,38)39)46(40,41)42;2*1-6-2(5)4-3-7/h3-10,12-13,20,24,33H,11,14-15H2,1-2H3,(H,30,36)(H,31,32)(H,38,39)(H2,40,41,42);2*7H2,1H3,(H,4,5)/t20-,24?;;/m1../s1. The highest BCUT2D eigenvalue weighted by Crippen LogP contribution is 2.61. The maximum Gasteiger partial charge on any atom is 0.414 e. The predicted octanol–water partition coefficient (Wildman–Crippen LogP) is 2.53. The Morgan fingerprint density at radius 3 is 2.12 bits per heavy atom. The van der Waals surface area contributed by atoms with Crippen LogP contribution in [0, 0.1) is 5.82 Å². The number of pyridine rings is 1. The smallest absolute Gasteiger partial charge is 0.414 e. The van der Waals surface area contributed by atoms with E-state index in [2.05, 4.69) is 64.5 Å². The second-order valence-electron chi connectivity index (χ2n) is 12.2. The van der Waals surface area contributed by atoms with E-state index >= 15 is 4.39 Å². The molecule has 4 amide bonds. The molecule has 0 spiro atoms. The van der Waals surface area contributed by atoms with E-state index in [1.165, 1.54) is 76.0 Å². The molecule has 8 N–H and O–H groups in total. The highest BCUT2D eigenvalue weighted by molar-refractivity contribution is 7.73. The molecule has 5 atom stereocenters. The van der Waals surface area contributed by atoms with Crippen molar-refractivity contribution < 1.29 is 66.3 Å². The fourth-order valence-electron chi connectivity index (χ4n) is 4.95. The number of carbonyl (C=O) groups excluding carboxylic acids is 4. The molecule has 5 rings (SSSR count). The lowest BCUT2D eigenvalue weighted by Crippen LogP contribution is -2.37. The van der Waals surface area contributed by atoms with E-state index in [4.69, 9.17) is 9.47 Å². The Kier molecular flexibility index (Phi) is 19.2. The third-order valence-electron chi connectivity index (χ3n) is 7.77. The second kappa shape index (κ2) is 23.2. The Bertz CT molecular complexity index is 2050. The Labute approximate surface area is 349 Å². The third-order valence-corrected chi connectivity index (χ3v) is 12.5. The van der Waals surface area contributed by atoms with Gasteiger partial charge in [-0.15, -0.1) is 10.2 Å². The van der Waals surface area contributed by atoms with Crippen LogP contribution in [-0.2, 0) is 34.5 Å². The second-order valence-corrected chi connectivity index (χ2v) is 17.6. The first kappa shape index (κ1) is 49.5. The Hall–Kier alpha value is -4.84. The number of aromatic nitrogens is 1. The molecular formula is C31H42B2FN9O13P4. The van der Waals surface area contributed by atoms with Crippen LogP contribution in [0.15, 0.2) is 65.9 Å². The highest BCUT2D eigenvalue weighted by Gasteiger charge is 2.40. The number of benzene rings is 2. The molecule has 2 aromatic carbocycles. The van der Waals surface area contributed by atoms with Gasteiger partial charge in [0.2, 0.25) is 7.37 Å². The average molecular weight is 913 g/mol. The van der Waals surface area contributed by atoms with Gasteiger partial charge in [-0.05, 0) is 48.4 Å². The minimum Gasteiger partial charge on any atom is -0.454 e. The number of rotatable bonds is 12. The summed E-state index contributed by atoms with van der Waals surface area (Å²) in [6.07, 6.45) is -2.16. The fourth-order valence-corrected chi connectivity index (χ4v) is 8.45. The van der Waals surface area contributed by atoms with Crippen molar-refractivity contribution in [3.05, 3.63) is 77.9 Å². The molecule has 4 unspecified atom stereocenters. The summed E-state index contributed by atoms with van der Waals surface area (Å²) >= 11 is 0. The number of cyclic esters (lactones) is 1. The van der Waals surface area contributed by atoms with Gasteiger partial charge in [0.1, 0.15) is 23.5 Å². The van der Waals surface area contributed by atoms with Crippen molar-refractivity contribution in [2.24, 2.45) is 5.10 Å². The summed E-state index contributed by atoms with van der Waals surface area (Å²) in [5, 5.41) is 10.9. The number of nitrogens with zero attached hydrogens (tertiary/aromatic N) is 4. The molecule has 60 heavy (non-hydrogen) atoms. The van der Waals surface area contributed by atoms with Crippen LogP contribution in [0.25, 0.3) is 11.1 Å². The fraction of sp³-hybridized carbons (Fsp3) is 0.290. The van der Waals surface area contributed by atoms with Gasteiger partial charge in [-0.2, -0.15) is 18.2 Å². The lowest BCUT2D eigenvalue weighted by atomic mass is 10.1. The number of hydrogen-bond donors (Lipinski definition) is 8. The van der Waals surface area contributed by atoms with Crippen LogP contribution in [0.4, 0.5) is 34.9 Å². The van der Waals surface area contributed by atoms with E-state index in [0.29, 0.717) is 22.7 Å². The van der Waals surface area contributed by atoms with Crippen molar-refractivity contribution in [3.8, 4) is 11.1 Å². The Morgan fingerprint density at radius 1 is 1.02 bits per heavy atom. The molecule has 2 aliphatic rings. The molecular weight excluding hydrogens is 871 g/mol. The summed E-state index contributed by atoms with van der Waals surface area (Å²) in [5.74, 6) is -0.0749. The number of methoxy groups -OCH3 is 2. The third kappa shape index (κ3) is 15.6.